The number of amides is 1. The van der Waals surface area contributed by atoms with Gasteiger partial charge in [0.1, 0.15) is 11.7 Å². The third-order valence-electron chi connectivity index (χ3n) is 4.43. The highest BCUT2D eigenvalue weighted by Crippen LogP contribution is 2.43. The fourth-order valence-corrected chi connectivity index (χ4v) is 3.41. The van der Waals surface area contributed by atoms with Crippen molar-refractivity contribution in [2.24, 2.45) is 0 Å². The summed E-state index contributed by atoms with van der Waals surface area (Å²) in [7, 11) is 0. The number of carboxylic acids is 1. The molecular weight excluding hydrogens is 306 g/mol. The van der Waals surface area contributed by atoms with Crippen molar-refractivity contribution >= 4 is 11.9 Å². The molecule has 5 heteroatoms. The number of carbonyl (C=O) groups excluding carboxylic acids is 1. The summed E-state index contributed by atoms with van der Waals surface area (Å²) in [5.41, 5.74) is 1.66. The molecule has 2 aromatic rings. The third kappa shape index (κ3) is 2.52. The largest absolute Gasteiger partial charge is 0.508 e. The summed E-state index contributed by atoms with van der Waals surface area (Å²) in [4.78, 5) is 26.6. The number of aliphatic carboxylic acids is 1. The maximum atomic E-state index is 13.0. The van der Waals surface area contributed by atoms with Crippen LogP contribution in [0.3, 0.4) is 0 Å². The summed E-state index contributed by atoms with van der Waals surface area (Å²) in [5, 5.41) is 19.4. The fourth-order valence-electron chi connectivity index (χ4n) is 3.41. The molecule has 0 fully saturated rings. The van der Waals surface area contributed by atoms with Gasteiger partial charge in [-0.05, 0) is 43.2 Å². The number of hydrogen-bond donors (Lipinski definition) is 2. The first kappa shape index (κ1) is 16.1. The average Bonchev–Trinajstić information content (AvgIpc) is 2.54. The van der Waals surface area contributed by atoms with E-state index in [9.17, 15) is 19.8 Å². The highest BCUT2D eigenvalue weighted by molar-refractivity contribution is 6.00. The quantitative estimate of drug-likeness (QED) is 0.908. The van der Waals surface area contributed by atoms with Gasteiger partial charge in [0, 0.05) is 11.6 Å². The van der Waals surface area contributed by atoms with Gasteiger partial charge in [0.15, 0.2) is 0 Å². The lowest BCUT2D eigenvalue weighted by atomic mass is 9.79. The van der Waals surface area contributed by atoms with E-state index in [-0.39, 0.29) is 17.7 Å². The molecule has 24 heavy (non-hydrogen) atoms. The Morgan fingerprint density at radius 3 is 2.29 bits per heavy atom. The predicted octanol–water partition coefficient (Wildman–Crippen LogP) is 3.17. The third-order valence-corrected chi connectivity index (χ3v) is 4.43. The molecule has 0 aliphatic carbocycles. The molecule has 2 atom stereocenters. The van der Waals surface area contributed by atoms with Crippen molar-refractivity contribution in [1.82, 2.24) is 4.90 Å². The van der Waals surface area contributed by atoms with Crippen LogP contribution in [-0.2, 0) is 4.79 Å². The van der Waals surface area contributed by atoms with Crippen LogP contribution in [0, 0.1) is 0 Å². The number of fused-ring (bicyclic) bond motifs is 1. The molecule has 2 N–H and O–H groups in total. The smallest absolute Gasteiger partial charge is 0.313 e. The van der Waals surface area contributed by atoms with E-state index in [4.69, 9.17) is 0 Å². The molecule has 1 amide bonds. The van der Waals surface area contributed by atoms with Crippen LogP contribution in [-0.4, -0.2) is 33.0 Å². The van der Waals surface area contributed by atoms with Gasteiger partial charge in [-0.25, -0.2) is 0 Å². The first-order valence-electron chi connectivity index (χ1n) is 7.85. The Bertz CT molecular complexity index is 782. The topological polar surface area (TPSA) is 77.8 Å². The summed E-state index contributed by atoms with van der Waals surface area (Å²) in [5.74, 6) is -1.90. The predicted molar refractivity (Wildman–Crippen MR) is 89.0 cm³/mol. The summed E-state index contributed by atoms with van der Waals surface area (Å²) in [6, 6.07) is 12.5. The van der Waals surface area contributed by atoms with Crippen molar-refractivity contribution < 1.29 is 19.8 Å². The van der Waals surface area contributed by atoms with Crippen molar-refractivity contribution in [1.29, 1.82) is 0 Å². The van der Waals surface area contributed by atoms with Gasteiger partial charge in [-0.3, -0.25) is 9.59 Å². The Labute approximate surface area is 140 Å². The van der Waals surface area contributed by atoms with E-state index in [1.54, 1.807) is 41.3 Å². The zero-order valence-electron chi connectivity index (χ0n) is 13.5. The minimum absolute atomic E-state index is 0.101. The molecule has 0 radical (unpaired) electrons. The van der Waals surface area contributed by atoms with Crippen molar-refractivity contribution in [2.75, 3.05) is 0 Å². The monoisotopic (exact) mass is 325 g/mol. The SMILES string of the molecule is CC(C)N1C(=O)c2ccccc2C(C(=O)O)C1c1ccc(O)cc1. The lowest BCUT2D eigenvalue weighted by Gasteiger charge is -2.43. The van der Waals surface area contributed by atoms with Gasteiger partial charge in [0.05, 0.1) is 6.04 Å². The molecule has 1 aliphatic heterocycles. The summed E-state index contributed by atoms with van der Waals surface area (Å²) in [6.07, 6.45) is 0. The van der Waals surface area contributed by atoms with Gasteiger partial charge in [-0.2, -0.15) is 0 Å². The van der Waals surface area contributed by atoms with Gasteiger partial charge in [-0.15, -0.1) is 0 Å². The Morgan fingerprint density at radius 1 is 1.08 bits per heavy atom. The number of rotatable bonds is 3. The standard InChI is InChI=1S/C19H19NO4/c1-11(2)20-17(12-7-9-13(21)10-8-12)16(19(23)24)14-5-3-4-6-15(14)18(20)22/h3-11,16-17,21H,1-2H3,(H,23,24). The van der Waals surface area contributed by atoms with E-state index in [2.05, 4.69) is 0 Å². The van der Waals surface area contributed by atoms with Crippen LogP contribution in [0.4, 0.5) is 0 Å². The minimum atomic E-state index is -0.973. The van der Waals surface area contributed by atoms with Crippen LogP contribution < -0.4 is 0 Å². The van der Waals surface area contributed by atoms with E-state index < -0.39 is 17.9 Å². The first-order valence-corrected chi connectivity index (χ1v) is 7.85. The zero-order valence-corrected chi connectivity index (χ0v) is 13.5. The molecular formula is C19H19NO4. The number of nitrogens with zero attached hydrogens (tertiary/aromatic N) is 1. The Kier molecular flexibility index (Phi) is 4.01. The number of benzene rings is 2. The van der Waals surface area contributed by atoms with Gasteiger partial charge in [0.25, 0.3) is 5.91 Å². The molecule has 3 rings (SSSR count). The molecule has 0 saturated carbocycles. The van der Waals surface area contributed by atoms with Crippen LogP contribution in [0.1, 0.15) is 47.3 Å². The van der Waals surface area contributed by atoms with Crippen LogP contribution in [0.2, 0.25) is 0 Å². The second kappa shape index (κ2) is 6.00. The maximum absolute atomic E-state index is 13.0. The summed E-state index contributed by atoms with van der Waals surface area (Å²) >= 11 is 0. The van der Waals surface area contributed by atoms with E-state index in [0.717, 1.165) is 0 Å². The average molecular weight is 325 g/mol. The second-order valence-electron chi connectivity index (χ2n) is 6.25. The molecule has 5 nitrogen and oxygen atoms in total. The molecule has 0 saturated heterocycles. The lowest BCUT2D eigenvalue weighted by Crippen LogP contribution is -2.48. The van der Waals surface area contributed by atoms with Crippen molar-refractivity contribution in [2.45, 2.75) is 31.8 Å². The molecule has 124 valence electrons. The van der Waals surface area contributed by atoms with Crippen molar-refractivity contribution in [3.63, 3.8) is 0 Å². The van der Waals surface area contributed by atoms with Crippen LogP contribution in [0.5, 0.6) is 5.75 Å². The highest BCUT2D eigenvalue weighted by Gasteiger charge is 2.45. The number of phenolic OH excluding ortho intramolecular Hbond substituents is 1. The van der Waals surface area contributed by atoms with Crippen molar-refractivity contribution in [3.8, 4) is 5.75 Å². The van der Waals surface area contributed by atoms with Gasteiger partial charge >= 0.3 is 5.97 Å². The van der Waals surface area contributed by atoms with Crippen LogP contribution >= 0.6 is 0 Å². The van der Waals surface area contributed by atoms with Gasteiger partial charge < -0.3 is 15.1 Å². The van der Waals surface area contributed by atoms with Crippen molar-refractivity contribution in [3.05, 3.63) is 65.2 Å². The normalized spacial score (nSPS) is 20.1. The van der Waals surface area contributed by atoms with E-state index in [1.165, 1.54) is 12.1 Å². The van der Waals surface area contributed by atoms with E-state index in [1.807, 2.05) is 13.8 Å². The number of hydrogen-bond acceptors (Lipinski definition) is 3. The maximum Gasteiger partial charge on any atom is 0.313 e. The number of phenols is 1. The van der Waals surface area contributed by atoms with Gasteiger partial charge in [0.2, 0.25) is 0 Å². The lowest BCUT2D eigenvalue weighted by molar-refractivity contribution is -0.140. The highest BCUT2D eigenvalue weighted by atomic mass is 16.4. The molecule has 1 heterocycles. The number of aromatic hydroxyl groups is 1. The zero-order chi connectivity index (χ0) is 17.4. The Hall–Kier alpha value is -2.82. The first-order chi connectivity index (χ1) is 11.4. The Balaban J connectivity index is 2.24. The summed E-state index contributed by atoms with van der Waals surface area (Å²) in [6.45, 7) is 3.75. The van der Waals surface area contributed by atoms with E-state index in [0.29, 0.717) is 16.7 Å². The van der Waals surface area contributed by atoms with Crippen LogP contribution in [0.15, 0.2) is 48.5 Å². The minimum Gasteiger partial charge on any atom is -0.508 e. The number of carbonyl (C=O) groups is 2. The molecule has 0 spiro atoms. The molecule has 1 aliphatic rings. The molecule has 2 unspecified atom stereocenters. The second-order valence-corrected chi connectivity index (χ2v) is 6.25. The Morgan fingerprint density at radius 2 is 1.71 bits per heavy atom. The van der Waals surface area contributed by atoms with Crippen LogP contribution in [0.25, 0.3) is 0 Å². The molecule has 2 aromatic carbocycles. The van der Waals surface area contributed by atoms with E-state index >= 15 is 0 Å². The molecule has 0 bridgehead atoms. The summed E-state index contributed by atoms with van der Waals surface area (Å²) < 4.78 is 0. The molecule has 0 aromatic heterocycles. The number of carboxylic acid groups (broad SMARTS) is 1. The fraction of sp³-hybridized carbons (Fsp3) is 0.263. The van der Waals surface area contributed by atoms with Gasteiger partial charge in [-0.1, -0.05) is 30.3 Å².